The van der Waals surface area contributed by atoms with Crippen LogP contribution in [0.4, 0.5) is 0 Å². The van der Waals surface area contributed by atoms with Gasteiger partial charge in [-0.1, -0.05) is 4.49 Å². The van der Waals surface area contributed by atoms with Gasteiger partial charge < -0.3 is 10.4 Å². The number of hydrogen-bond acceptors (Lipinski definition) is 6. The maximum absolute atomic E-state index is 11.9. The van der Waals surface area contributed by atoms with Crippen LogP contribution in [0.25, 0.3) is 0 Å². The standard InChI is InChI=1S/C9H11N3O3S2/c1-5-6(17-12-11-5)7(13)10-9(8(14)15)2-3-16-4-9/h2-4H2,1H3,(H,10,13)(H,14,15)/t9-/m1/s1. The Labute approximate surface area is 106 Å². The summed E-state index contributed by atoms with van der Waals surface area (Å²) in [6, 6.07) is 0. The average molecular weight is 273 g/mol. The number of carboxylic acid groups (broad SMARTS) is 1. The Morgan fingerprint density at radius 3 is 2.76 bits per heavy atom. The number of carbonyl (C=O) groups excluding carboxylic acids is 1. The fourth-order valence-corrected chi connectivity index (χ4v) is 3.48. The van der Waals surface area contributed by atoms with Crippen molar-refractivity contribution in [3.63, 3.8) is 0 Å². The third kappa shape index (κ3) is 2.27. The summed E-state index contributed by atoms with van der Waals surface area (Å²) >= 11 is 2.51. The Hall–Kier alpha value is -1.15. The molecule has 0 aliphatic carbocycles. The maximum atomic E-state index is 11.9. The fraction of sp³-hybridized carbons (Fsp3) is 0.556. The highest BCUT2D eigenvalue weighted by Gasteiger charge is 2.43. The molecule has 92 valence electrons. The second-order valence-electron chi connectivity index (χ2n) is 3.83. The molecule has 17 heavy (non-hydrogen) atoms. The lowest BCUT2D eigenvalue weighted by atomic mass is 9.99. The van der Waals surface area contributed by atoms with E-state index in [4.69, 9.17) is 0 Å². The van der Waals surface area contributed by atoms with Crippen LogP contribution in [0.2, 0.25) is 0 Å². The van der Waals surface area contributed by atoms with Crippen LogP contribution in [-0.2, 0) is 4.79 Å². The molecule has 1 aromatic heterocycles. The van der Waals surface area contributed by atoms with Crippen LogP contribution in [0.1, 0.15) is 21.8 Å². The van der Waals surface area contributed by atoms with Crippen molar-refractivity contribution < 1.29 is 14.7 Å². The SMILES string of the molecule is Cc1nnsc1C(=O)N[C@]1(C(=O)O)CCSC1. The Kier molecular flexibility index (Phi) is 3.34. The number of carboxylic acids is 1. The molecule has 0 unspecified atom stereocenters. The van der Waals surface area contributed by atoms with Crippen LogP contribution >= 0.6 is 23.3 Å². The lowest BCUT2D eigenvalue weighted by molar-refractivity contribution is -0.143. The van der Waals surface area contributed by atoms with Gasteiger partial charge in [0.25, 0.3) is 5.91 Å². The van der Waals surface area contributed by atoms with Gasteiger partial charge in [-0.05, 0) is 30.6 Å². The molecule has 1 atom stereocenters. The van der Waals surface area contributed by atoms with Gasteiger partial charge in [0.05, 0.1) is 5.69 Å². The number of aromatic nitrogens is 2. The van der Waals surface area contributed by atoms with Crippen LogP contribution in [0, 0.1) is 6.92 Å². The predicted octanol–water partition coefficient (Wildman–Crippen LogP) is 0.537. The van der Waals surface area contributed by atoms with E-state index in [-0.39, 0.29) is 0 Å². The molecule has 1 aliphatic rings. The zero-order valence-corrected chi connectivity index (χ0v) is 10.7. The monoisotopic (exact) mass is 273 g/mol. The summed E-state index contributed by atoms with van der Waals surface area (Å²) in [5.41, 5.74) is -0.614. The van der Waals surface area contributed by atoms with E-state index in [1.54, 1.807) is 6.92 Å². The van der Waals surface area contributed by atoms with Gasteiger partial charge in [0, 0.05) is 5.75 Å². The minimum Gasteiger partial charge on any atom is -0.479 e. The molecule has 0 saturated carbocycles. The summed E-state index contributed by atoms with van der Waals surface area (Å²) in [6.07, 6.45) is 0.448. The molecule has 2 heterocycles. The van der Waals surface area contributed by atoms with Gasteiger partial charge in [-0.2, -0.15) is 11.8 Å². The normalized spacial score (nSPS) is 23.6. The number of nitrogens with one attached hydrogen (secondary N) is 1. The number of carbonyl (C=O) groups is 2. The third-order valence-corrected chi connectivity index (χ3v) is 4.66. The zero-order chi connectivity index (χ0) is 12.5. The van der Waals surface area contributed by atoms with Crippen molar-refractivity contribution in [3.05, 3.63) is 10.6 Å². The van der Waals surface area contributed by atoms with E-state index in [1.165, 1.54) is 11.8 Å². The number of thioether (sulfide) groups is 1. The first-order valence-electron chi connectivity index (χ1n) is 4.98. The van der Waals surface area contributed by atoms with E-state index in [9.17, 15) is 14.7 Å². The lowest BCUT2D eigenvalue weighted by Crippen LogP contribution is -2.54. The molecule has 1 fully saturated rings. The third-order valence-electron chi connectivity index (χ3n) is 2.64. The molecule has 8 heteroatoms. The van der Waals surface area contributed by atoms with Gasteiger partial charge in [0.2, 0.25) is 0 Å². The largest absolute Gasteiger partial charge is 0.479 e. The predicted molar refractivity (Wildman–Crippen MR) is 64.4 cm³/mol. The molecule has 0 radical (unpaired) electrons. The van der Waals surface area contributed by atoms with Crippen LogP contribution < -0.4 is 5.32 Å². The van der Waals surface area contributed by atoms with E-state index >= 15 is 0 Å². The van der Waals surface area contributed by atoms with Gasteiger partial charge in [-0.3, -0.25) is 4.79 Å². The van der Waals surface area contributed by atoms with Crippen LogP contribution in [0.15, 0.2) is 0 Å². The van der Waals surface area contributed by atoms with E-state index in [0.29, 0.717) is 22.7 Å². The second kappa shape index (κ2) is 4.61. The highest BCUT2D eigenvalue weighted by Crippen LogP contribution is 2.29. The number of aliphatic carboxylic acids is 1. The molecule has 6 nitrogen and oxygen atoms in total. The van der Waals surface area contributed by atoms with Crippen molar-refractivity contribution in [1.29, 1.82) is 0 Å². The minimum absolute atomic E-state index is 0.377. The first-order chi connectivity index (χ1) is 8.05. The summed E-state index contributed by atoms with van der Waals surface area (Å²) < 4.78 is 3.66. The van der Waals surface area contributed by atoms with Crippen LogP contribution in [0.3, 0.4) is 0 Å². The Balaban J connectivity index is 2.17. The molecule has 2 rings (SSSR count). The first-order valence-corrected chi connectivity index (χ1v) is 6.90. The molecule has 0 spiro atoms. The van der Waals surface area contributed by atoms with E-state index in [1.807, 2.05) is 0 Å². The van der Waals surface area contributed by atoms with E-state index < -0.39 is 17.4 Å². The fourth-order valence-electron chi connectivity index (χ4n) is 1.60. The molecule has 1 saturated heterocycles. The Bertz CT molecular complexity index is 454. The molecule has 1 amide bonds. The zero-order valence-electron chi connectivity index (χ0n) is 9.10. The molecule has 2 N–H and O–H groups in total. The lowest BCUT2D eigenvalue weighted by Gasteiger charge is -2.24. The van der Waals surface area contributed by atoms with Crippen LogP contribution in [0.5, 0.6) is 0 Å². The van der Waals surface area contributed by atoms with Gasteiger partial charge in [0.15, 0.2) is 0 Å². The molecule has 1 aliphatic heterocycles. The average Bonchev–Trinajstić information content (AvgIpc) is 2.87. The Morgan fingerprint density at radius 2 is 2.29 bits per heavy atom. The quantitative estimate of drug-likeness (QED) is 0.835. The number of rotatable bonds is 3. The van der Waals surface area contributed by atoms with Crippen molar-refractivity contribution in [2.24, 2.45) is 0 Å². The minimum atomic E-state index is -1.14. The molecular weight excluding hydrogens is 262 g/mol. The number of nitrogens with zero attached hydrogens (tertiary/aromatic N) is 2. The second-order valence-corrected chi connectivity index (χ2v) is 5.69. The van der Waals surface area contributed by atoms with E-state index in [2.05, 4.69) is 14.9 Å². The van der Waals surface area contributed by atoms with Crippen molar-refractivity contribution in [2.75, 3.05) is 11.5 Å². The summed E-state index contributed by atoms with van der Waals surface area (Å²) in [5, 5.41) is 15.6. The molecule has 0 bridgehead atoms. The molecular formula is C9H11N3O3S2. The topological polar surface area (TPSA) is 92.2 Å². The van der Waals surface area contributed by atoms with Crippen molar-refractivity contribution in [3.8, 4) is 0 Å². The highest BCUT2D eigenvalue weighted by atomic mass is 32.2. The van der Waals surface area contributed by atoms with Gasteiger partial charge in [0.1, 0.15) is 10.4 Å². The smallest absolute Gasteiger partial charge is 0.330 e. The summed E-state index contributed by atoms with van der Waals surface area (Å²) in [6.45, 7) is 1.68. The van der Waals surface area contributed by atoms with Crippen molar-refractivity contribution in [2.45, 2.75) is 18.9 Å². The van der Waals surface area contributed by atoms with Gasteiger partial charge in [-0.25, -0.2) is 4.79 Å². The number of aryl methyl sites for hydroxylation is 1. The number of hydrogen-bond donors (Lipinski definition) is 2. The first kappa shape index (κ1) is 12.3. The summed E-state index contributed by atoms with van der Waals surface area (Å²) in [7, 11) is 0. The highest BCUT2D eigenvalue weighted by molar-refractivity contribution is 7.99. The van der Waals surface area contributed by atoms with Gasteiger partial charge in [-0.15, -0.1) is 5.10 Å². The summed E-state index contributed by atoms with van der Waals surface area (Å²) in [4.78, 5) is 23.6. The van der Waals surface area contributed by atoms with E-state index in [0.717, 1.165) is 17.3 Å². The molecule has 1 aromatic rings. The van der Waals surface area contributed by atoms with Gasteiger partial charge >= 0.3 is 5.97 Å². The van der Waals surface area contributed by atoms with Crippen molar-refractivity contribution >= 4 is 35.2 Å². The molecule has 0 aromatic carbocycles. The van der Waals surface area contributed by atoms with Crippen molar-refractivity contribution in [1.82, 2.24) is 14.9 Å². The van der Waals surface area contributed by atoms with Crippen LogP contribution in [-0.4, -0.2) is 43.6 Å². The number of amides is 1. The Morgan fingerprint density at radius 1 is 1.53 bits per heavy atom. The summed E-state index contributed by atoms with van der Waals surface area (Å²) in [5.74, 6) is -0.236. The maximum Gasteiger partial charge on any atom is 0.330 e.